The highest BCUT2D eigenvalue weighted by molar-refractivity contribution is 5.49. The monoisotopic (exact) mass is 234 g/mol. The van der Waals surface area contributed by atoms with Gasteiger partial charge in [-0.25, -0.2) is 0 Å². The highest BCUT2D eigenvalue weighted by atomic mass is 16.3. The van der Waals surface area contributed by atoms with Crippen LogP contribution in [0.5, 0.6) is 0 Å². The van der Waals surface area contributed by atoms with Crippen LogP contribution in [-0.2, 0) is 0 Å². The van der Waals surface area contributed by atoms with E-state index in [1.165, 1.54) is 24.9 Å². The van der Waals surface area contributed by atoms with Crippen molar-refractivity contribution in [3.05, 3.63) is 29.8 Å². The summed E-state index contributed by atoms with van der Waals surface area (Å²) in [4.78, 5) is 2.31. The van der Waals surface area contributed by atoms with E-state index < -0.39 is 0 Å². The van der Waals surface area contributed by atoms with Crippen LogP contribution in [0.1, 0.15) is 37.8 Å². The Morgan fingerprint density at radius 1 is 1.35 bits per heavy atom. The fourth-order valence-corrected chi connectivity index (χ4v) is 2.30. The van der Waals surface area contributed by atoms with Crippen LogP contribution in [0.15, 0.2) is 24.3 Å². The number of anilines is 1. The Morgan fingerprint density at radius 2 is 2.00 bits per heavy atom. The SMILES string of the molecule is C[C@H](N)c1ccc(N(CCO)C2CCC2)cc1. The van der Waals surface area contributed by atoms with Gasteiger partial charge in [0.05, 0.1) is 6.61 Å². The van der Waals surface area contributed by atoms with Gasteiger partial charge in [-0.2, -0.15) is 0 Å². The highest BCUT2D eigenvalue weighted by Gasteiger charge is 2.24. The Balaban J connectivity index is 2.11. The average molecular weight is 234 g/mol. The summed E-state index contributed by atoms with van der Waals surface area (Å²) in [6.45, 7) is 2.93. The molecule has 0 radical (unpaired) electrons. The van der Waals surface area contributed by atoms with E-state index in [-0.39, 0.29) is 12.6 Å². The molecule has 3 N–H and O–H groups in total. The van der Waals surface area contributed by atoms with Crippen LogP contribution >= 0.6 is 0 Å². The zero-order valence-corrected chi connectivity index (χ0v) is 10.5. The third kappa shape index (κ3) is 2.79. The average Bonchev–Trinajstić information content (AvgIpc) is 2.26. The van der Waals surface area contributed by atoms with Gasteiger partial charge < -0.3 is 15.7 Å². The summed E-state index contributed by atoms with van der Waals surface area (Å²) in [5.41, 5.74) is 8.20. The van der Waals surface area contributed by atoms with E-state index in [2.05, 4.69) is 29.2 Å². The summed E-state index contributed by atoms with van der Waals surface area (Å²) < 4.78 is 0. The van der Waals surface area contributed by atoms with Gasteiger partial charge in [0.25, 0.3) is 0 Å². The Kier molecular flexibility index (Phi) is 4.02. The number of hydrogen-bond acceptors (Lipinski definition) is 3. The van der Waals surface area contributed by atoms with Crippen LogP contribution in [0.2, 0.25) is 0 Å². The molecule has 0 unspecified atom stereocenters. The van der Waals surface area contributed by atoms with E-state index in [9.17, 15) is 0 Å². The highest BCUT2D eigenvalue weighted by Crippen LogP contribution is 2.29. The van der Waals surface area contributed by atoms with Crippen molar-refractivity contribution in [1.82, 2.24) is 0 Å². The lowest BCUT2D eigenvalue weighted by molar-refractivity contribution is 0.283. The lowest BCUT2D eigenvalue weighted by Gasteiger charge is -2.39. The Hall–Kier alpha value is -1.06. The smallest absolute Gasteiger partial charge is 0.0606 e. The molecule has 3 nitrogen and oxygen atoms in total. The van der Waals surface area contributed by atoms with Crippen molar-refractivity contribution in [3.63, 3.8) is 0 Å². The van der Waals surface area contributed by atoms with E-state index in [1.807, 2.05) is 6.92 Å². The van der Waals surface area contributed by atoms with Crippen LogP contribution in [-0.4, -0.2) is 24.3 Å². The van der Waals surface area contributed by atoms with Crippen molar-refractivity contribution in [2.45, 2.75) is 38.3 Å². The molecule has 2 rings (SSSR count). The maximum Gasteiger partial charge on any atom is 0.0606 e. The summed E-state index contributed by atoms with van der Waals surface area (Å²) in [5, 5.41) is 9.15. The minimum Gasteiger partial charge on any atom is -0.395 e. The van der Waals surface area contributed by atoms with Gasteiger partial charge in [0.15, 0.2) is 0 Å². The zero-order valence-electron chi connectivity index (χ0n) is 10.5. The standard InChI is InChI=1S/C14H22N2O/c1-11(15)12-5-7-14(8-6-12)16(9-10-17)13-3-2-4-13/h5-8,11,13,17H,2-4,9-10,15H2,1H3/t11-/m0/s1. The number of benzene rings is 1. The quantitative estimate of drug-likeness (QED) is 0.820. The Bertz CT molecular complexity index is 344. The first-order valence-electron chi connectivity index (χ1n) is 6.45. The molecular weight excluding hydrogens is 212 g/mol. The maximum atomic E-state index is 9.15. The number of aliphatic hydroxyl groups excluding tert-OH is 1. The number of nitrogens with two attached hydrogens (primary N) is 1. The molecule has 17 heavy (non-hydrogen) atoms. The van der Waals surface area contributed by atoms with Crippen molar-refractivity contribution in [2.24, 2.45) is 5.73 Å². The largest absolute Gasteiger partial charge is 0.395 e. The van der Waals surface area contributed by atoms with E-state index in [0.717, 1.165) is 12.1 Å². The fraction of sp³-hybridized carbons (Fsp3) is 0.571. The Labute approximate surface area is 103 Å². The molecule has 94 valence electrons. The second-order valence-electron chi connectivity index (χ2n) is 4.88. The van der Waals surface area contributed by atoms with Gasteiger partial charge in [-0.1, -0.05) is 12.1 Å². The summed E-state index contributed by atoms with van der Waals surface area (Å²) in [6, 6.07) is 9.10. The van der Waals surface area contributed by atoms with Crippen molar-refractivity contribution < 1.29 is 5.11 Å². The lowest BCUT2D eigenvalue weighted by atomic mass is 9.91. The molecule has 0 spiro atoms. The molecule has 0 amide bonds. The number of hydrogen-bond donors (Lipinski definition) is 2. The van der Waals surface area contributed by atoms with Crippen molar-refractivity contribution >= 4 is 5.69 Å². The summed E-state index contributed by atoms with van der Waals surface area (Å²) >= 11 is 0. The lowest BCUT2D eigenvalue weighted by Crippen LogP contribution is -2.41. The number of aliphatic hydroxyl groups is 1. The minimum absolute atomic E-state index is 0.0824. The molecule has 1 atom stereocenters. The van der Waals surface area contributed by atoms with Crippen molar-refractivity contribution in [1.29, 1.82) is 0 Å². The van der Waals surface area contributed by atoms with Crippen LogP contribution in [0.3, 0.4) is 0 Å². The molecule has 1 aromatic rings. The minimum atomic E-state index is 0.0824. The molecule has 1 aliphatic rings. The van der Waals surface area contributed by atoms with Gasteiger partial charge >= 0.3 is 0 Å². The van der Waals surface area contributed by atoms with E-state index in [1.54, 1.807) is 0 Å². The molecule has 0 aliphatic heterocycles. The van der Waals surface area contributed by atoms with E-state index >= 15 is 0 Å². The van der Waals surface area contributed by atoms with Gasteiger partial charge in [0.1, 0.15) is 0 Å². The summed E-state index contributed by atoms with van der Waals surface area (Å²) in [5.74, 6) is 0. The van der Waals surface area contributed by atoms with Gasteiger partial charge in [0.2, 0.25) is 0 Å². The maximum absolute atomic E-state index is 9.15. The predicted molar refractivity (Wildman–Crippen MR) is 71.1 cm³/mol. The van der Waals surface area contributed by atoms with E-state index in [4.69, 9.17) is 10.8 Å². The molecule has 1 fully saturated rings. The first kappa shape index (κ1) is 12.4. The molecular formula is C14H22N2O. The third-order valence-corrected chi connectivity index (χ3v) is 3.61. The van der Waals surface area contributed by atoms with Gasteiger partial charge in [-0.3, -0.25) is 0 Å². The molecule has 3 heteroatoms. The first-order valence-corrected chi connectivity index (χ1v) is 6.45. The van der Waals surface area contributed by atoms with Crippen molar-refractivity contribution in [3.8, 4) is 0 Å². The number of rotatable bonds is 5. The van der Waals surface area contributed by atoms with Crippen LogP contribution in [0.25, 0.3) is 0 Å². The third-order valence-electron chi connectivity index (χ3n) is 3.61. The second-order valence-corrected chi connectivity index (χ2v) is 4.88. The van der Waals surface area contributed by atoms with Gasteiger partial charge in [0, 0.05) is 24.3 Å². The normalized spacial score (nSPS) is 17.6. The van der Waals surface area contributed by atoms with Gasteiger partial charge in [-0.05, 0) is 43.9 Å². The first-order chi connectivity index (χ1) is 8.22. The van der Waals surface area contributed by atoms with Crippen LogP contribution in [0, 0.1) is 0 Å². The van der Waals surface area contributed by atoms with Gasteiger partial charge in [-0.15, -0.1) is 0 Å². The van der Waals surface area contributed by atoms with Crippen LogP contribution in [0.4, 0.5) is 5.69 Å². The summed E-state index contributed by atoms with van der Waals surface area (Å²) in [7, 11) is 0. The molecule has 0 aromatic heterocycles. The fourth-order valence-electron chi connectivity index (χ4n) is 2.30. The molecule has 0 heterocycles. The van der Waals surface area contributed by atoms with Crippen molar-refractivity contribution in [2.75, 3.05) is 18.1 Å². The zero-order chi connectivity index (χ0) is 12.3. The summed E-state index contributed by atoms with van der Waals surface area (Å²) in [6.07, 6.45) is 3.80. The molecule has 0 saturated heterocycles. The Morgan fingerprint density at radius 3 is 2.41 bits per heavy atom. The molecule has 1 aromatic carbocycles. The molecule has 1 saturated carbocycles. The molecule has 1 aliphatic carbocycles. The topological polar surface area (TPSA) is 49.5 Å². The predicted octanol–water partition coefficient (Wildman–Crippen LogP) is 2.06. The van der Waals surface area contributed by atoms with E-state index in [0.29, 0.717) is 6.04 Å². The second kappa shape index (κ2) is 5.52. The van der Waals surface area contributed by atoms with Crippen LogP contribution < -0.4 is 10.6 Å². The number of nitrogens with zero attached hydrogens (tertiary/aromatic N) is 1. The molecule has 0 bridgehead atoms.